The first-order valence-electron chi connectivity index (χ1n) is 14.0. The Bertz CT molecular complexity index is 408. The summed E-state index contributed by atoms with van der Waals surface area (Å²) >= 11 is 0. The Morgan fingerprint density at radius 3 is 0.938 bits per heavy atom. The van der Waals surface area contributed by atoms with E-state index in [4.69, 9.17) is 9.47 Å². The molecule has 0 radical (unpaired) electrons. The van der Waals surface area contributed by atoms with E-state index in [1.165, 1.54) is 103 Å². The number of ether oxygens (including phenoxy) is 2. The van der Waals surface area contributed by atoms with Crippen LogP contribution >= 0.6 is 0 Å². The number of esters is 2. The van der Waals surface area contributed by atoms with Gasteiger partial charge in [-0.3, -0.25) is 9.59 Å². The van der Waals surface area contributed by atoms with Crippen molar-refractivity contribution < 1.29 is 19.1 Å². The smallest absolute Gasteiger partial charge is 0.305 e. The highest BCUT2D eigenvalue weighted by atomic mass is 16.6. The quantitative estimate of drug-likeness (QED) is 0.102. The van der Waals surface area contributed by atoms with Gasteiger partial charge in [0.2, 0.25) is 0 Å². The molecule has 0 saturated carbocycles. The van der Waals surface area contributed by atoms with Gasteiger partial charge in [-0.25, -0.2) is 0 Å². The number of unbranched alkanes of at least 4 members (excludes halogenated alkanes) is 18. The maximum atomic E-state index is 11.7. The Kier molecular flexibility index (Phi) is 25.3. The molecule has 0 aromatic heterocycles. The van der Waals surface area contributed by atoms with Crippen LogP contribution in [0.25, 0.3) is 0 Å². The van der Waals surface area contributed by atoms with E-state index in [2.05, 4.69) is 13.8 Å². The minimum atomic E-state index is -0.175. The summed E-state index contributed by atoms with van der Waals surface area (Å²) < 4.78 is 10.3. The number of hydrogen-bond acceptors (Lipinski definition) is 4. The Labute approximate surface area is 199 Å². The van der Waals surface area contributed by atoms with Crippen molar-refractivity contribution in [1.29, 1.82) is 0 Å². The molecular formula is C28H54O4. The fourth-order valence-corrected chi connectivity index (χ4v) is 3.97. The van der Waals surface area contributed by atoms with Gasteiger partial charge >= 0.3 is 11.9 Å². The van der Waals surface area contributed by atoms with Crippen LogP contribution in [0, 0.1) is 0 Å². The monoisotopic (exact) mass is 454 g/mol. The first-order chi connectivity index (χ1) is 15.7. The summed E-state index contributed by atoms with van der Waals surface area (Å²) in [5.74, 6) is -0.345. The minimum absolute atomic E-state index is 0.170. The third-order valence-corrected chi connectivity index (χ3v) is 6.08. The summed E-state index contributed by atoms with van der Waals surface area (Å²) in [5, 5.41) is 0. The van der Waals surface area contributed by atoms with Crippen molar-refractivity contribution in [2.45, 2.75) is 155 Å². The molecule has 4 nitrogen and oxygen atoms in total. The van der Waals surface area contributed by atoms with Crippen LogP contribution in [0.3, 0.4) is 0 Å². The first-order valence-corrected chi connectivity index (χ1v) is 14.0. The lowest BCUT2D eigenvalue weighted by Crippen LogP contribution is -2.13. The Hall–Kier alpha value is -1.06. The van der Waals surface area contributed by atoms with E-state index in [1.807, 2.05) is 0 Å². The molecule has 32 heavy (non-hydrogen) atoms. The fraction of sp³-hybridized carbons (Fsp3) is 0.929. The highest BCUT2D eigenvalue weighted by Gasteiger charge is 2.05. The largest absolute Gasteiger partial charge is 0.462 e. The van der Waals surface area contributed by atoms with Crippen molar-refractivity contribution >= 4 is 11.9 Å². The molecule has 0 aromatic carbocycles. The Morgan fingerprint density at radius 1 is 0.406 bits per heavy atom. The van der Waals surface area contributed by atoms with E-state index >= 15 is 0 Å². The predicted octanol–water partition coefficient (Wildman–Crippen LogP) is 8.69. The zero-order valence-corrected chi connectivity index (χ0v) is 21.6. The van der Waals surface area contributed by atoms with Crippen LogP contribution in [-0.2, 0) is 19.1 Å². The van der Waals surface area contributed by atoms with Gasteiger partial charge in [-0.2, -0.15) is 0 Å². The number of hydrogen-bond donors (Lipinski definition) is 0. The van der Waals surface area contributed by atoms with Crippen molar-refractivity contribution in [3.63, 3.8) is 0 Å². The van der Waals surface area contributed by atoms with Crippen LogP contribution in [-0.4, -0.2) is 25.2 Å². The number of carbonyl (C=O) groups is 2. The summed E-state index contributed by atoms with van der Waals surface area (Å²) in [6.45, 7) is 4.84. The highest BCUT2D eigenvalue weighted by Crippen LogP contribution is 2.13. The summed E-state index contributed by atoms with van der Waals surface area (Å²) in [5.41, 5.74) is 0. The molecule has 0 heterocycles. The van der Waals surface area contributed by atoms with Gasteiger partial charge < -0.3 is 9.47 Å². The highest BCUT2D eigenvalue weighted by molar-refractivity contribution is 5.70. The molecule has 0 rings (SSSR count). The van der Waals surface area contributed by atoms with E-state index in [1.54, 1.807) is 0 Å². The van der Waals surface area contributed by atoms with Crippen LogP contribution in [0.5, 0.6) is 0 Å². The predicted molar refractivity (Wildman–Crippen MR) is 135 cm³/mol. The lowest BCUT2D eigenvalue weighted by Gasteiger charge is -2.07. The maximum Gasteiger partial charge on any atom is 0.305 e. The molecule has 0 amide bonds. The topological polar surface area (TPSA) is 52.6 Å². The Morgan fingerprint density at radius 2 is 0.656 bits per heavy atom. The zero-order valence-electron chi connectivity index (χ0n) is 21.6. The van der Waals surface area contributed by atoms with Gasteiger partial charge in [0.1, 0.15) is 13.2 Å². The molecule has 4 heteroatoms. The molecule has 0 aromatic rings. The van der Waals surface area contributed by atoms with Crippen molar-refractivity contribution in [2.75, 3.05) is 13.2 Å². The second-order valence-corrected chi connectivity index (χ2v) is 9.30. The van der Waals surface area contributed by atoms with Crippen LogP contribution < -0.4 is 0 Å². The average Bonchev–Trinajstić information content (AvgIpc) is 2.79. The number of rotatable bonds is 25. The lowest BCUT2D eigenvalue weighted by molar-refractivity contribution is -0.152. The first kappa shape index (κ1) is 30.9. The van der Waals surface area contributed by atoms with Gasteiger partial charge in [0, 0.05) is 12.8 Å². The Balaban J connectivity index is 3.27. The molecule has 0 saturated heterocycles. The third kappa shape index (κ3) is 25.2. The van der Waals surface area contributed by atoms with Crippen molar-refractivity contribution in [1.82, 2.24) is 0 Å². The molecule has 0 aliphatic heterocycles. The molecule has 0 N–H and O–H groups in total. The molecule has 0 atom stereocenters. The van der Waals surface area contributed by atoms with Gasteiger partial charge in [0.15, 0.2) is 0 Å². The molecule has 0 fully saturated rings. The third-order valence-electron chi connectivity index (χ3n) is 6.08. The van der Waals surface area contributed by atoms with Gasteiger partial charge in [0.25, 0.3) is 0 Å². The van der Waals surface area contributed by atoms with E-state index in [0.717, 1.165) is 25.7 Å². The SMILES string of the molecule is CCCCCCCCCCCCCCCC(=O)OCCOC(=O)CCCCCCCCC. The molecule has 0 aliphatic carbocycles. The van der Waals surface area contributed by atoms with Crippen LogP contribution in [0.2, 0.25) is 0 Å². The minimum Gasteiger partial charge on any atom is -0.462 e. The zero-order chi connectivity index (χ0) is 23.5. The van der Waals surface area contributed by atoms with Gasteiger partial charge in [0.05, 0.1) is 0 Å². The summed E-state index contributed by atoms with van der Waals surface area (Å²) in [6.07, 6.45) is 26.1. The van der Waals surface area contributed by atoms with Gasteiger partial charge in [-0.05, 0) is 12.8 Å². The normalized spacial score (nSPS) is 10.9. The molecule has 190 valence electrons. The molecule has 0 unspecified atom stereocenters. The molecular weight excluding hydrogens is 400 g/mol. The van der Waals surface area contributed by atoms with E-state index in [9.17, 15) is 9.59 Å². The summed E-state index contributed by atoms with van der Waals surface area (Å²) in [7, 11) is 0. The van der Waals surface area contributed by atoms with Crippen LogP contribution in [0.1, 0.15) is 155 Å². The summed E-state index contributed by atoms with van der Waals surface area (Å²) in [6, 6.07) is 0. The standard InChI is InChI=1S/C28H54O4/c1-3-5-7-9-11-12-13-14-15-16-18-20-22-24-28(30)32-26-25-31-27(29)23-21-19-17-10-8-6-4-2/h3-26H2,1-2H3. The van der Waals surface area contributed by atoms with E-state index in [-0.39, 0.29) is 25.2 Å². The second-order valence-electron chi connectivity index (χ2n) is 9.30. The molecule has 0 bridgehead atoms. The second kappa shape index (κ2) is 26.2. The van der Waals surface area contributed by atoms with Gasteiger partial charge in [-0.1, -0.05) is 129 Å². The van der Waals surface area contributed by atoms with E-state index in [0.29, 0.717) is 12.8 Å². The summed E-state index contributed by atoms with van der Waals surface area (Å²) in [4.78, 5) is 23.4. The van der Waals surface area contributed by atoms with Crippen molar-refractivity contribution in [3.05, 3.63) is 0 Å². The fourth-order valence-electron chi connectivity index (χ4n) is 3.97. The molecule has 0 aliphatic rings. The van der Waals surface area contributed by atoms with E-state index < -0.39 is 0 Å². The van der Waals surface area contributed by atoms with Crippen molar-refractivity contribution in [2.24, 2.45) is 0 Å². The maximum absolute atomic E-state index is 11.7. The number of carbonyl (C=O) groups excluding carboxylic acids is 2. The van der Waals surface area contributed by atoms with Crippen LogP contribution in [0.4, 0.5) is 0 Å². The molecule has 0 spiro atoms. The van der Waals surface area contributed by atoms with Gasteiger partial charge in [-0.15, -0.1) is 0 Å². The van der Waals surface area contributed by atoms with Crippen molar-refractivity contribution in [3.8, 4) is 0 Å². The lowest BCUT2D eigenvalue weighted by atomic mass is 10.0. The van der Waals surface area contributed by atoms with Crippen LogP contribution in [0.15, 0.2) is 0 Å². The average molecular weight is 455 g/mol.